The van der Waals surface area contributed by atoms with E-state index in [1.165, 1.54) is 0 Å². The van der Waals surface area contributed by atoms with Gasteiger partial charge >= 0.3 is 5.97 Å². The van der Waals surface area contributed by atoms with Gasteiger partial charge in [0, 0.05) is 17.8 Å². The summed E-state index contributed by atoms with van der Waals surface area (Å²) in [6.45, 7) is 0. The Bertz CT molecular complexity index is 781. The number of benzene rings is 2. The third kappa shape index (κ3) is 3.55. The molecule has 0 aliphatic heterocycles. The molecule has 0 saturated carbocycles. The van der Waals surface area contributed by atoms with Crippen molar-refractivity contribution >= 4 is 5.97 Å². The summed E-state index contributed by atoms with van der Waals surface area (Å²) in [4.78, 5) is 16.2. The molecule has 0 aliphatic rings. The van der Waals surface area contributed by atoms with Gasteiger partial charge in [-0.2, -0.15) is 0 Å². The molecule has 0 spiro atoms. The Morgan fingerprint density at radius 2 is 1.57 bits per heavy atom. The quantitative estimate of drug-likeness (QED) is 0.684. The van der Waals surface area contributed by atoms with Gasteiger partial charge in [-0.15, -0.1) is 0 Å². The van der Waals surface area contributed by atoms with Crippen LogP contribution in [0.25, 0.3) is 11.1 Å². The smallest absolute Gasteiger partial charge is 0.344 e. The average molecular weight is 305 g/mol. The van der Waals surface area contributed by atoms with Crippen molar-refractivity contribution in [2.75, 3.05) is 7.11 Å². The van der Waals surface area contributed by atoms with Crippen molar-refractivity contribution in [2.24, 2.45) is 0 Å². The summed E-state index contributed by atoms with van der Waals surface area (Å²) in [5, 5.41) is 0. The zero-order chi connectivity index (χ0) is 16.1. The fourth-order valence-corrected chi connectivity index (χ4v) is 2.12. The van der Waals surface area contributed by atoms with E-state index in [9.17, 15) is 4.79 Å². The summed E-state index contributed by atoms with van der Waals surface area (Å²) in [7, 11) is 1.63. The first-order valence-corrected chi connectivity index (χ1v) is 7.14. The maximum atomic E-state index is 12.0. The molecular formula is C19H15NO3. The van der Waals surface area contributed by atoms with Gasteiger partial charge < -0.3 is 9.47 Å². The summed E-state index contributed by atoms with van der Waals surface area (Å²) in [5.74, 6) is 0.654. The van der Waals surface area contributed by atoms with E-state index in [1.807, 2.05) is 36.4 Å². The Kier molecular flexibility index (Phi) is 4.34. The van der Waals surface area contributed by atoms with Crippen molar-refractivity contribution in [3.05, 3.63) is 78.5 Å². The van der Waals surface area contributed by atoms with Crippen LogP contribution in [-0.2, 0) is 0 Å². The van der Waals surface area contributed by atoms with E-state index in [-0.39, 0.29) is 5.88 Å². The van der Waals surface area contributed by atoms with Gasteiger partial charge in [0.2, 0.25) is 5.88 Å². The highest BCUT2D eigenvalue weighted by molar-refractivity contribution is 5.90. The van der Waals surface area contributed by atoms with Crippen LogP contribution in [0.3, 0.4) is 0 Å². The van der Waals surface area contributed by atoms with Crippen molar-refractivity contribution < 1.29 is 14.3 Å². The first kappa shape index (κ1) is 14.8. The molecule has 114 valence electrons. The average Bonchev–Trinajstić information content (AvgIpc) is 2.63. The lowest BCUT2D eigenvalue weighted by Crippen LogP contribution is -2.08. The van der Waals surface area contributed by atoms with E-state index in [2.05, 4.69) is 4.98 Å². The lowest BCUT2D eigenvalue weighted by Gasteiger charge is -2.06. The molecule has 3 rings (SSSR count). The molecule has 0 saturated heterocycles. The molecule has 0 aliphatic carbocycles. The largest absolute Gasteiger partial charge is 0.497 e. The summed E-state index contributed by atoms with van der Waals surface area (Å²) in [5.41, 5.74) is 2.44. The Labute approximate surface area is 134 Å². The molecule has 0 fully saturated rings. The van der Waals surface area contributed by atoms with Gasteiger partial charge in [0.05, 0.1) is 12.7 Å². The van der Waals surface area contributed by atoms with Crippen molar-refractivity contribution in [3.63, 3.8) is 0 Å². The molecule has 0 N–H and O–H groups in total. The predicted molar refractivity (Wildman–Crippen MR) is 87.6 cm³/mol. The maximum absolute atomic E-state index is 12.0. The van der Waals surface area contributed by atoms with Gasteiger partial charge in [-0.25, -0.2) is 9.78 Å². The fourth-order valence-electron chi connectivity index (χ4n) is 2.12. The lowest BCUT2D eigenvalue weighted by molar-refractivity contribution is 0.0727. The molecule has 0 amide bonds. The van der Waals surface area contributed by atoms with Crippen LogP contribution in [-0.4, -0.2) is 18.1 Å². The minimum atomic E-state index is -0.421. The highest BCUT2D eigenvalue weighted by atomic mass is 16.5. The van der Waals surface area contributed by atoms with Gasteiger partial charge in [0.15, 0.2) is 0 Å². The van der Waals surface area contributed by atoms with Crippen molar-refractivity contribution in [2.45, 2.75) is 0 Å². The van der Waals surface area contributed by atoms with Crippen LogP contribution < -0.4 is 9.47 Å². The highest BCUT2D eigenvalue weighted by Crippen LogP contribution is 2.23. The molecule has 1 aromatic heterocycles. The van der Waals surface area contributed by atoms with Crippen molar-refractivity contribution in [1.82, 2.24) is 4.98 Å². The summed E-state index contributed by atoms with van der Waals surface area (Å²) in [6.07, 6.45) is 1.68. The molecule has 0 atom stereocenters. The third-order valence-electron chi connectivity index (χ3n) is 3.37. The Morgan fingerprint density at radius 1 is 0.870 bits per heavy atom. The lowest BCUT2D eigenvalue weighted by atomic mass is 10.1. The van der Waals surface area contributed by atoms with E-state index in [0.717, 1.165) is 16.9 Å². The molecule has 1 heterocycles. The molecular weight excluding hydrogens is 290 g/mol. The SMILES string of the molecule is COc1ccc(-c2ccc(OC(=O)c3ccccc3)nc2)cc1. The summed E-state index contributed by atoms with van der Waals surface area (Å²) >= 11 is 0. The molecule has 2 aromatic carbocycles. The van der Waals surface area contributed by atoms with Crippen LogP contribution in [0.15, 0.2) is 72.9 Å². The van der Waals surface area contributed by atoms with Crippen molar-refractivity contribution in [1.29, 1.82) is 0 Å². The summed E-state index contributed by atoms with van der Waals surface area (Å²) < 4.78 is 10.4. The fraction of sp³-hybridized carbons (Fsp3) is 0.0526. The first-order valence-electron chi connectivity index (χ1n) is 7.14. The van der Waals surface area contributed by atoms with Gasteiger partial charge in [-0.1, -0.05) is 30.3 Å². The highest BCUT2D eigenvalue weighted by Gasteiger charge is 2.08. The summed E-state index contributed by atoms with van der Waals surface area (Å²) in [6, 6.07) is 20.0. The minimum Gasteiger partial charge on any atom is -0.497 e. The van der Waals surface area contributed by atoms with Crippen LogP contribution in [0.1, 0.15) is 10.4 Å². The van der Waals surface area contributed by atoms with E-state index in [4.69, 9.17) is 9.47 Å². The molecule has 3 aromatic rings. The number of methoxy groups -OCH3 is 1. The van der Waals surface area contributed by atoms with Crippen molar-refractivity contribution in [3.8, 4) is 22.8 Å². The maximum Gasteiger partial charge on any atom is 0.344 e. The monoisotopic (exact) mass is 305 g/mol. The second-order valence-corrected chi connectivity index (χ2v) is 4.87. The van der Waals surface area contributed by atoms with Gasteiger partial charge in [0.1, 0.15) is 5.75 Å². The second-order valence-electron chi connectivity index (χ2n) is 4.87. The third-order valence-corrected chi connectivity index (χ3v) is 3.37. The number of rotatable bonds is 4. The van der Waals surface area contributed by atoms with Crippen LogP contribution >= 0.6 is 0 Å². The number of nitrogens with zero attached hydrogens (tertiary/aromatic N) is 1. The van der Waals surface area contributed by atoms with E-state index in [1.54, 1.807) is 43.6 Å². The Hall–Kier alpha value is -3.14. The van der Waals surface area contributed by atoms with Crippen LogP contribution in [0.4, 0.5) is 0 Å². The molecule has 0 radical (unpaired) electrons. The zero-order valence-corrected chi connectivity index (χ0v) is 12.6. The number of ether oxygens (including phenoxy) is 2. The van der Waals surface area contributed by atoms with Crippen LogP contribution in [0.5, 0.6) is 11.6 Å². The standard InChI is InChI=1S/C19H15NO3/c1-22-17-10-7-14(8-11-17)16-9-12-18(20-13-16)23-19(21)15-5-3-2-4-6-15/h2-13H,1H3. The number of aromatic nitrogens is 1. The number of hydrogen-bond donors (Lipinski definition) is 0. The van der Waals surface area contributed by atoms with Gasteiger partial charge in [0.25, 0.3) is 0 Å². The number of esters is 1. The molecule has 0 unspecified atom stereocenters. The van der Waals surface area contributed by atoms with Gasteiger partial charge in [-0.3, -0.25) is 0 Å². The molecule has 0 bridgehead atoms. The molecule has 4 heteroatoms. The van der Waals surface area contributed by atoms with E-state index < -0.39 is 5.97 Å². The van der Waals surface area contributed by atoms with Crippen LogP contribution in [0.2, 0.25) is 0 Å². The topological polar surface area (TPSA) is 48.4 Å². The Morgan fingerprint density at radius 3 is 2.17 bits per heavy atom. The van der Waals surface area contributed by atoms with E-state index in [0.29, 0.717) is 5.56 Å². The predicted octanol–water partition coefficient (Wildman–Crippen LogP) is 3.98. The zero-order valence-electron chi connectivity index (χ0n) is 12.6. The van der Waals surface area contributed by atoms with Crippen LogP contribution in [0, 0.1) is 0 Å². The first-order chi connectivity index (χ1) is 11.3. The Balaban J connectivity index is 1.73. The normalized spacial score (nSPS) is 10.1. The second kappa shape index (κ2) is 6.75. The van der Waals surface area contributed by atoms with E-state index >= 15 is 0 Å². The number of carbonyl (C=O) groups is 1. The number of hydrogen-bond acceptors (Lipinski definition) is 4. The van der Waals surface area contributed by atoms with Gasteiger partial charge in [-0.05, 0) is 35.9 Å². The molecule has 4 nitrogen and oxygen atoms in total. The minimum absolute atomic E-state index is 0.274. The number of carbonyl (C=O) groups excluding carboxylic acids is 1. The molecule has 23 heavy (non-hydrogen) atoms. The number of pyridine rings is 1.